The first-order valence-corrected chi connectivity index (χ1v) is 6.98. The summed E-state index contributed by atoms with van der Waals surface area (Å²) in [6.45, 7) is 9.06. The van der Waals surface area contributed by atoms with Gasteiger partial charge < -0.3 is 10.6 Å². The SMILES string of the molecule is CNc1nccc(C(=O)NCC(C(C)C)C(C)C)c1F. The predicted molar refractivity (Wildman–Crippen MR) is 79.2 cm³/mol. The average Bonchev–Trinajstić information content (AvgIpc) is 2.38. The van der Waals surface area contributed by atoms with E-state index in [9.17, 15) is 9.18 Å². The number of aromatic nitrogens is 1. The second kappa shape index (κ2) is 7.22. The molecule has 0 radical (unpaired) electrons. The topological polar surface area (TPSA) is 54.0 Å². The van der Waals surface area contributed by atoms with Gasteiger partial charge in [-0.25, -0.2) is 9.37 Å². The Morgan fingerprint density at radius 3 is 2.40 bits per heavy atom. The highest BCUT2D eigenvalue weighted by molar-refractivity contribution is 5.95. The number of pyridine rings is 1. The van der Waals surface area contributed by atoms with Crippen molar-refractivity contribution in [2.45, 2.75) is 27.7 Å². The second-order valence-electron chi connectivity index (χ2n) is 5.63. The number of carbonyl (C=O) groups excluding carboxylic acids is 1. The first-order valence-electron chi connectivity index (χ1n) is 6.98. The van der Waals surface area contributed by atoms with E-state index in [1.165, 1.54) is 12.3 Å². The maximum atomic E-state index is 14.0. The van der Waals surface area contributed by atoms with Gasteiger partial charge >= 0.3 is 0 Å². The van der Waals surface area contributed by atoms with Crippen LogP contribution in [0.5, 0.6) is 0 Å². The van der Waals surface area contributed by atoms with E-state index >= 15 is 0 Å². The highest BCUT2D eigenvalue weighted by Gasteiger charge is 2.20. The number of nitrogens with zero attached hydrogens (tertiary/aromatic N) is 1. The molecule has 2 N–H and O–H groups in total. The lowest BCUT2D eigenvalue weighted by atomic mass is 9.85. The van der Waals surface area contributed by atoms with Gasteiger partial charge in [-0.2, -0.15) is 0 Å². The van der Waals surface area contributed by atoms with Gasteiger partial charge in [-0.3, -0.25) is 4.79 Å². The Hall–Kier alpha value is -1.65. The van der Waals surface area contributed by atoms with Crippen LogP contribution in [0.15, 0.2) is 12.3 Å². The summed E-state index contributed by atoms with van der Waals surface area (Å²) >= 11 is 0. The van der Waals surface area contributed by atoms with E-state index in [-0.39, 0.29) is 11.4 Å². The molecule has 1 rings (SSSR count). The molecule has 0 saturated heterocycles. The van der Waals surface area contributed by atoms with Crippen LogP contribution < -0.4 is 10.6 Å². The third-order valence-electron chi connectivity index (χ3n) is 3.58. The Labute approximate surface area is 120 Å². The van der Waals surface area contributed by atoms with Gasteiger partial charge in [0.1, 0.15) is 0 Å². The van der Waals surface area contributed by atoms with Crippen molar-refractivity contribution < 1.29 is 9.18 Å². The van der Waals surface area contributed by atoms with E-state index < -0.39 is 11.7 Å². The number of halogens is 1. The highest BCUT2D eigenvalue weighted by atomic mass is 19.1. The molecule has 0 unspecified atom stereocenters. The van der Waals surface area contributed by atoms with Crippen LogP contribution >= 0.6 is 0 Å². The molecule has 5 heteroatoms. The summed E-state index contributed by atoms with van der Waals surface area (Å²) in [5, 5.41) is 5.45. The summed E-state index contributed by atoms with van der Waals surface area (Å²) in [4.78, 5) is 15.9. The number of carbonyl (C=O) groups is 1. The van der Waals surface area contributed by atoms with Gasteiger partial charge in [-0.1, -0.05) is 27.7 Å². The zero-order chi connectivity index (χ0) is 15.3. The zero-order valence-electron chi connectivity index (χ0n) is 12.8. The predicted octanol–water partition coefficient (Wildman–Crippen LogP) is 2.92. The number of nitrogens with one attached hydrogen (secondary N) is 2. The molecule has 0 aromatic carbocycles. The van der Waals surface area contributed by atoms with E-state index in [1.54, 1.807) is 7.05 Å². The van der Waals surface area contributed by atoms with Crippen LogP contribution in [0.3, 0.4) is 0 Å². The fourth-order valence-corrected chi connectivity index (χ4v) is 2.34. The Bertz CT molecular complexity index is 452. The Morgan fingerprint density at radius 2 is 1.90 bits per heavy atom. The molecule has 0 saturated carbocycles. The molecule has 4 nitrogen and oxygen atoms in total. The largest absolute Gasteiger partial charge is 0.371 e. The molecule has 1 amide bonds. The van der Waals surface area contributed by atoms with Crippen LogP contribution in [0.25, 0.3) is 0 Å². The van der Waals surface area contributed by atoms with Gasteiger partial charge in [0, 0.05) is 19.8 Å². The molecular formula is C15H24FN3O. The Morgan fingerprint density at radius 1 is 1.30 bits per heavy atom. The smallest absolute Gasteiger partial charge is 0.254 e. The Balaban J connectivity index is 2.77. The van der Waals surface area contributed by atoms with Crippen molar-refractivity contribution in [1.29, 1.82) is 0 Å². The molecule has 1 aromatic rings. The lowest BCUT2D eigenvalue weighted by molar-refractivity contribution is 0.0933. The van der Waals surface area contributed by atoms with E-state index in [0.29, 0.717) is 24.3 Å². The normalized spacial score (nSPS) is 11.2. The summed E-state index contributed by atoms with van der Waals surface area (Å²) in [7, 11) is 1.57. The van der Waals surface area contributed by atoms with Crippen molar-refractivity contribution in [1.82, 2.24) is 10.3 Å². The van der Waals surface area contributed by atoms with Crippen LogP contribution in [0.4, 0.5) is 10.2 Å². The molecule has 20 heavy (non-hydrogen) atoms. The molecule has 0 aliphatic heterocycles. The number of amides is 1. The lowest BCUT2D eigenvalue weighted by Gasteiger charge is -2.25. The second-order valence-corrected chi connectivity index (χ2v) is 5.63. The van der Waals surface area contributed by atoms with Crippen molar-refractivity contribution >= 4 is 11.7 Å². The maximum Gasteiger partial charge on any atom is 0.254 e. The molecule has 0 atom stereocenters. The minimum Gasteiger partial charge on any atom is -0.371 e. The van der Waals surface area contributed by atoms with Crippen LogP contribution in [0.2, 0.25) is 0 Å². The van der Waals surface area contributed by atoms with E-state index in [4.69, 9.17) is 0 Å². The maximum absolute atomic E-state index is 14.0. The number of hydrogen-bond donors (Lipinski definition) is 2. The van der Waals surface area contributed by atoms with Crippen molar-refractivity contribution in [2.75, 3.05) is 18.9 Å². The number of rotatable bonds is 6. The van der Waals surface area contributed by atoms with E-state index in [1.807, 2.05) is 0 Å². The minimum absolute atomic E-state index is 0.0237. The minimum atomic E-state index is -0.613. The van der Waals surface area contributed by atoms with Crippen LogP contribution in [-0.4, -0.2) is 24.5 Å². The highest BCUT2D eigenvalue weighted by Crippen LogP contribution is 2.20. The number of hydrogen-bond acceptors (Lipinski definition) is 3. The standard InChI is InChI=1S/C15H24FN3O/c1-9(2)12(10(3)4)8-19-15(20)11-6-7-18-14(17-5)13(11)16/h6-7,9-10,12H,8H2,1-5H3,(H,17,18)(H,19,20). The molecule has 0 bridgehead atoms. The monoisotopic (exact) mass is 281 g/mol. The van der Waals surface area contributed by atoms with E-state index in [2.05, 4.69) is 43.3 Å². The van der Waals surface area contributed by atoms with Crippen molar-refractivity contribution in [2.24, 2.45) is 17.8 Å². The quantitative estimate of drug-likeness (QED) is 0.843. The third kappa shape index (κ3) is 3.92. The van der Waals surface area contributed by atoms with Crippen LogP contribution in [-0.2, 0) is 0 Å². The van der Waals surface area contributed by atoms with Gasteiger partial charge in [-0.05, 0) is 23.8 Å². The average molecular weight is 281 g/mol. The third-order valence-corrected chi connectivity index (χ3v) is 3.58. The molecule has 0 spiro atoms. The fraction of sp³-hybridized carbons (Fsp3) is 0.600. The van der Waals surface area contributed by atoms with Gasteiger partial charge in [0.25, 0.3) is 5.91 Å². The summed E-state index contributed by atoms with van der Waals surface area (Å²) in [6, 6.07) is 1.39. The lowest BCUT2D eigenvalue weighted by Crippen LogP contribution is -2.34. The van der Waals surface area contributed by atoms with Gasteiger partial charge in [0.05, 0.1) is 5.56 Å². The van der Waals surface area contributed by atoms with Gasteiger partial charge in [0.15, 0.2) is 11.6 Å². The first-order chi connectivity index (χ1) is 9.38. The van der Waals surface area contributed by atoms with Gasteiger partial charge in [0.2, 0.25) is 0 Å². The van der Waals surface area contributed by atoms with Crippen molar-refractivity contribution in [3.63, 3.8) is 0 Å². The molecule has 0 aliphatic rings. The summed E-state index contributed by atoms with van der Waals surface area (Å²) in [5.41, 5.74) is 0.0237. The summed E-state index contributed by atoms with van der Waals surface area (Å²) in [6.07, 6.45) is 1.42. The molecule has 1 heterocycles. The Kier molecular flexibility index (Phi) is 5.92. The zero-order valence-corrected chi connectivity index (χ0v) is 12.8. The fourth-order valence-electron chi connectivity index (χ4n) is 2.34. The van der Waals surface area contributed by atoms with Crippen molar-refractivity contribution in [3.8, 4) is 0 Å². The summed E-state index contributed by atoms with van der Waals surface area (Å²) in [5.74, 6) is 0.372. The summed E-state index contributed by atoms with van der Waals surface area (Å²) < 4.78 is 14.0. The molecule has 1 aromatic heterocycles. The van der Waals surface area contributed by atoms with Gasteiger partial charge in [-0.15, -0.1) is 0 Å². The molecular weight excluding hydrogens is 257 g/mol. The number of anilines is 1. The van der Waals surface area contributed by atoms with Crippen molar-refractivity contribution in [3.05, 3.63) is 23.6 Å². The van der Waals surface area contributed by atoms with Crippen LogP contribution in [0, 0.1) is 23.6 Å². The molecule has 112 valence electrons. The van der Waals surface area contributed by atoms with Crippen LogP contribution in [0.1, 0.15) is 38.1 Å². The first kappa shape index (κ1) is 16.4. The molecule has 0 aliphatic carbocycles. The molecule has 0 fully saturated rings. The van der Waals surface area contributed by atoms with E-state index in [0.717, 1.165) is 0 Å².